The van der Waals surface area contributed by atoms with Crippen molar-refractivity contribution in [3.8, 4) is 0 Å². The van der Waals surface area contributed by atoms with Crippen molar-refractivity contribution in [3.63, 3.8) is 0 Å². The third-order valence-electron chi connectivity index (χ3n) is 8.06. The number of fused-ring (bicyclic) bond motifs is 1. The van der Waals surface area contributed by atoms with Crippen LogP contribution in [0.2, 0.25) is 0 Å². The molecule has 4 fully saturated rings. The molecule has 0 radical (unpaired) electrons. The molecule has 4 heterocycles. The average Bonchev–Trinajstić information content (AvgIpc) is 3.16. The first-order valence-electron chi connectivity index (χ1n) is 12.0. The van der Waals surface area contributed by atoms with Crippen LogP contribution in [0.4, 0.5) is 14.7 Å². The van der Waals surface area contributed by atoms with Gasteiger partial charge in [-0.1, -0.05) is 0 Å². The predicted octanol–water partition coefficient (Wildman–Crippen LogP) is 3.70. The Morgan fingerprint density at radius 2 is 2.00 bits per heavy atom. The molecule has 32 heavy (non-hydrogen) atoms. The molecule has 1 aromatic carbocycles. The molecule has 0 amide bonds. The fraction of sp³-hybridized carbons (Fsp3) is 0.667. The zero-order valence-electron chi connectivity index (χ0n) is 18.3. The van der Waals surface area contributed by atoms with E-state index in [0.717, 1.165) is 76.2 Å². The lowest BCUT2D eigenvalue weighted by Gasteiger charge is -2.47. The summed E-state index contributed by atoms with van der Waals surface area (Å²) in [6, 6.07) is 4.19. The minimum Gasteiger partial charge on any atom is -0.378 e. The molecule has 1 saturated carbocycles. The molecule has 4 aliphatic rings. The molecule has 3 saturated heterocycles. The van der Waals surface area contributed by atoms with Crippen molar-refractivity contribution in [2.45, 2.75) is 56.5 Å². The molecule has 8 heteroatoms. The normalized spacial score (nSPS) is 29.5. The summed E-state index contributed by atoms with van der Waals surface area (Å²) < 4.78 is 32.7. The van der Waals surface area contributed by atoms with E-state index in [0.29, 0.717) is 28.8 Å². The minimum atomic E-state index is -2.49. The second kappa shape index (κ2) is 8.15. The molecule has 2 N–H and O–H groups in total. The molecule has 0 unspecified atom stereocenters. The van der Waals surface area contributed by atoms with Crippen LogP contribution in [0.25, 0.3) is 10.9 Å². The quantitative estimate of drug-likeness (QED) is 0.735. The van der Waals surface area contributed by atoms with Crippen molar-refractivity contribution < 1.29 is 13.5 Å². The Morgan fingerprint density at radius 1 is 1.19 bits per heavy atom. The topological polar surface area (TPSA) is 62.3 Å². The summed E-state index contributed by atoms with van der Waals surface area (Å²) in [5, 5.41) is 7.55. The highest BCUT2D eigenvalue weighted by Crippen LogP contribution is 2.57. The van der Waals surface area contributed by atoms with Crippen molar-refractivity contribution in [1.29, 1.82) is 0 Å². The Bertz CT molecular complexity index is 986. The van der Waals surface area contributed by atoms with Gasteiger partial charge in [0.15, 0.2) is 0 Å². The SMILES string of the molecule is FC(F)c1cc(C2CC3(CCN(C4COC4)C3)C2)c2nc(NC3CCNCC3)ncc2c1. The number of likely N-dealkylation sites (tertiary alicyclic amines) is 1. The van der Waals surface area contributed by atoms with Crippen molar-refractivity contribution in [1.82, 2.24) is 20.2 Å². The van der Waals surface area contributed by atoms with E-state index >= 15 is 0 Å². The van der Waals surface area contributed by atoms with E-state index in [1.165, 1.54) is 6.42 Å². The van der Waals surface area contributed by atoms with E-state index in [4.69, 9.17) is 9.72 Å². The van der Waals surface area contributed by atoms with Gasteiger partial charge in [0.2, 0.25) is 5.95 Å². The maximum Gasteiger partial charge on any atom is 0.263 e. The molecule has 0 bridgehead atoms. The van der Waals surface area contributed by atoms with Gasteiger partial charge in [0.05, 0.1) is 24.8 Å². The van der Waals surface area contributed by atoms with Crippen molar-refractivity contribution in [2.24, 2.45) is 5.41 Å². The van der Waals surface area contributed by atoms with Crippen LogP contribution in [0.1, 0.15) is 55.6 Å². The molecule has 1 aromatic heterocycles. The molecular formula is C24H31F2N5O. The van der Waals surface area contributed by atoms with Crippen LogP contribution >= 0.6 is 0 Å². The largest absolute Gasteiger partial charge is 0.378 e. The number of alkyl halides is 2. The van der Waals surface area contributed by atoms with Crippen LogP contribution in [0.3, 0.4) is 0 Å². The van der Waals surface area contributed by atoms with E-state index in [9.17, 15) is 8.78 Å². The number of halogens is 2. The number of ether oxygens (including phenoxy) is 1. The lowest BCUT2D eigenvalue weighted by Crippen LogP contribution is -2.49. The van der Waals surface area contributed by atoms with Crippen LogP contribution in [0, 0.1) is 5.41 Å². The Kier molecular flexibility index (Phi) is 5.27. The summed E-state index contributed by atoms with van der Waals surface area (Å²) in [5.41, 5.74) is 2.22. The first kappa shape index (κ1) is 20.7. The average molecular weight is 444 g/mol. The van der Waals surface area contributed by atoms with Gasteiger partial charge in [-0.25, -0.2) is 18.7 Å². The van der Waals surface area contributed by atoms with Gasteiger partial charge >= 0.3 is 0 Å². The molecule has 0 atom stereocenters. The van der Waals surface area contributed by atoms with Crippen LogP contribution in [0.5, 0.6) is 0 Å². The van der Waals surface area contributed by atoms with Crippen LogP contribution in [-0.2, 0) is 4.74 Å². The van der Waals surface area contributed by atoms with Crippen molar-refractivity contribution in [2.75, 3.05) is 44.7 Å². The smallest absolute Gasteiger partial charge is 0.263 e. The van der Waals surface area contributed by atoms with Crippen molar-refractivity contribution >= 4 is 16.9 Å². The van der Waals surface area contributed by atoms with Crippen LogP contribution < -0.4 is 10.6 Å². The minimum absolute atomic E-state index is 0.0794. The summed E-state index contributed by atoms with van der Waals surface area (Å²) in [4.78, 5) is 11.9. The highest BCUT2D eigenvalue weighted by Gasteiger charge is 2.50. The summed E-state index contributed by atoms with van der Waals surface area (Å²) in [5.74, 6) is 0.900. The fourth-order valence-electron chi connectivity index (χ4n) is 6.11. The highest BCUT2D eigenvalue weighted by atomic mass is 19.3. The first-order chi connectivity index (χ1) is 15.6. The molecule has 6 rings (SSSR count). The van der Waals surface area contributed by atoms with E-state index in [-0.39, 0.29) is 11.5 Å². The van der Waals surface area contributed by atoms with E-state index in [1.807, 2.05) is 0 Å². The van der Waals surface area contributed by atoms with Crippen molar-refractivity contribution in [3.05, 3.63) is 29.5 Å². The van der Waals surface area contributed by atoms with Gasteiger partial charge in [-0.15, -0.1) is 0 Å². The Balaban J connectivity index is 1.25. The molecule has 3 aliphatic heterocycles. The summed E-state index contributed by atoms with van der Waals surface area (Å²) in [6.07, 6.45) is 4.60. The number of rotatable bonds is 5. The van der Waals surface area contributed by atoms with Gasteiger partial charge in [0.25, 0.3) is 6.43 Å². The van der Waals surface area contributed by atoms with Gasteiger partial charge in [0.1, 0.15) is 0 Å². The van der Waals surface area contributed by atoms with E-state index in [2.05, 4.69) is 20.5 Å². The molecule has 1 spiro atoms. The summed E-state index contributed by atoms with van der Waals surface area (Å²) >= 11 is 0. The number of aromatic nitrogens is 2. The predicted molar refractivity (Wildman–Crippen MR) is 119 cm³/mol. The number of benzene rings is 1. The number of nitrogens with one attached hydrogen (secondary N) is 2. The van der Waals surface area contributed by atoms with Gasteiger partial charge < -0.3 is 15.4 Å². The van der Waals surface area contributed by atoms with Crippen LogP contribution in [0.15, 0.2) is 18.3 Å². The van der Waals surface area contributed by atoms with Crippen LogP contribution in [-0.4, -0.2) is 66.3 Å². The van der Waals surface area contributed by atoms with E-state index in [1.54, 1.807) is 18.3 Å². The molecule has 2 aromatic rings. The van der Waals surface area contributed by atoms with Gasteiger partial charge in [-0.3, -0.25) is 4.90 Å². The zero-order valence-corrected chi connectivity index (χ0v) is 18.3. The standard InChI is InChI=1S/C24H31F2N5O/c25-22(26)15-7-16-11-28-23(29-18-1-4-27-5-2-18)30-21(16)20(8-15)17-9-24(10-17)3-6-31(14-24)19-12-32-13-19/h7-8,11,17-19,22,27H,1-6,9-10,12-14H2,(H,28,29,30). The zero-order chi connectivity index (χ0) is 21.7. The number of hydrogen-bond donors (Lipinski definition) is 2. The van der Waals surface area contributed by atoms with Gasteiger partial charge in [-0.2, -0.15) is 0 Å². The number of nitrogens with zero attached hydrogens (tertiary/aromatic N) is 3. The second-order valence-electron chi connectivity index (χ2n) is 10.2. The fourth-order valence-corrected chi connectivity index (χ4v) is 6.11. The van der Waals surface area contributed by atoms with Gasteiger partial charge in [0, 0.05) is 29.7 Å². The summed E-state index contributed by atoms with van der Waals surface area (Å²) in [7, 11) is 0. The van der Waals surface area contributed by atoms with E-state index < -0.39 is 6.43 Å². The Morgan fingerprint density at radius 3 is 2.72 bits per heavy atom. The van der Waals surface area contributed by atoms with Gasteiger partial charge in [-0.05, 0) is 80.8 Å². The molecule has 1 aliphatic carbocycles. The number of piperidine rings is 1. The second-order valence-corrected chi connectivity index (χ2v) is 10.2. The lowest BCUT2D eigenvalue weighted by atomic mass is 9.59. The molecule has 6 nitrogen and oxygen atoms in total. The highest BCUT2D eigenvalue weighted by molar-refractivity contribution is 5.83. The summed E-state index contributed by atoms with van der Waals surface area (Å²) in [6.45, 7) is 5.92. The monoisotopic (exact) mass is 443 g/mol. The number of hydrogen-bond acceptors (Lipinski definition) is 6. The lowest BCUT2D eigenvalue weighted by molar-refractivity contribution is -0.0634. The third-order valence-corrected chi connectivity index (χ3v) is 8.06. The maximum atomic E-state index is 13.7. The number of anilines is 1. The maximum absolute atomic E-state index is 13.7. The molecular weight excluding hydrogens is 412 g/mol. The Labute approximate surface area is 187 Å². The molecule has 172 valence electrons. The first-order valence-corrected chi connectivity index (χ1v) is 12.0. The third kappa shape index (κ3) is 3.76. The Hall–Kier alpha value is -1.90.